The van der Waals surface area contributed by atoms with E-state index < -0.39 is 52.7 Å². The summed E-state index contributed by atoms with van der Waals surface area (Å²) in [7, 11) is 0. The van der Waals surface area contributed by atoms with E-state index in [1.807, 2.05) is 71.9 Å². The van der Waals surface area contributed by atoms with Crippen molar-refractivity contribution in [2.45, 2.75) is 218 Å². The van der Waals surface area contributed by atoms with Crippen LogP contribution < -0.4 is 0 Å². The zero-order valence-electron chi connectivity index (χ0n) is 63.2. The molecule has 9 aromatic rings. The number of benzene rings is 9. The minimum atomic E-state index is -4.77. The predicted molar refractivity (Wildman–Crippen MR) is 409 cm³/mol. The van der Waals surface area contributed by atoms with Crippen molar-refractivity contribution in [1.82, 2.24) is 0 Å². The second-order valence-corrected chi connectivity index (χ2v) is 29.0. The Hall–Kier alpha value is -6.99. The largest absolute Gasteiger partial charge is 0.416 e. The van der Waals surface area contributed by atoms with Gasteiger partial charge < -0.3 is 0 Å². The molecule has 0 N–H and O–H groups in total. The Morgan fingerprint density at radius 2 is 0.510 bits per heavy atom. The van der Waals surface area contributed by atoms with Gasteiger partial charge in [0.15, 0.2) is 0 Å². The van der Waals surface area contributed by atoms with Crippen LogP contribution in [0.1, 0.15) is 261 Å². The summed E-state index contributed by atoms with van der Waals surface area (Å²) in [5.74, 6) is 0.803. The SMILES string of the molecule is CC(C)c1cc(C(F)(F)F)cc(C(F)(F)F)c1.CC(C)c1cc(Cl)cc(Cl)c1.CC(C)c1cc(F)cc(Cl)c1.CC(C)c1cc(F)cc(F)c1.CC(C)c1ccccc1.Cc1c(F)cc(C(C)C)cc1F.Cc1ccc(C(C)C)cc1.Cc1ccc(C(C)C)cc1.Cc1ccc(C(C)C)cc1F. The maximum absolute atomic E-state index is 13.0. The summed E-state index contributed by atoms with van der Waals surface area (Å²) < 4.78 is 151. The summed E-state index contributed by atoms with van der Waals surface area (Å²) in [5.41, 5.74) is 9.82. The molecule has 0 aliphatic heterocycles. The van der Waals surface area contributed by atoms with Gasteiger partial charge in [0, 0.05) is 26.7 Å². The minimum Gasteiger partial charge on any atom is -0.207 e. The van der Waals surface area contributed by atoms with Crippen molar-refractivity contribution in [3.05, 3.63) is 315 Å². The first-order chi connectivity index (χ1) is 47.1. The first kappa shape index (κ1) is 93.0. The van der Waals surface area contributed by atoms with Crippen LogP contribution in [0.25, 0.3) is 0 Å². The molecule has 0 saturated heterocycles. The second-order valence-electron chi connectivity index (χ2n) is 27.7. The first-order valence-electron chi connectivity index (χ1n) is 34.2. The van der Waals surface area contributed by atoms with Crippen LogP contribution in [0.15, 0.2) is 182 Å². The third-order valence-electron chi connectivity index (χ3n) is 15.7. The lowest BCUT2D eigenvalue weighted by Crippen LogP contribution is -2.12. The highest BCUT2D eigenvalue weighted by molar-refractivity contribution is 6.34. The van der Waals surface area contributed by atoms with E-state index in [1.54, 1.807) is 25.1 Å². The third kappa shape index (κ3) is 36.9. The minimum absolute atomic E-state index is 0.0205. The Labute approximate surface area is 617 Å². The van der Waals surface area contributed by atoms with Crippen LogP contribution in [0.2, 0.25) is 15.1 Å². The molecule has 0 aromatic heterocycles. The fourth-order valence-corrected chi connectivity index (χ4v) is 9.52. The van der Waals surface area contributed by atoms with E-state index in [-0.39, 0.29) is 40.7 Å². The highest BCUT2D eigenvalue weighted by Crippen LogP contribution is 2.38. The van der Waals surface area contributed by atoms with E-state index in [4.69, 9.17) is 34.8 Å². The lowest BCUT2D eigenvalue weighted by molar-refractivity contribution is -0.143. The zero-order valence-corrected chi connectivity index (χ0v) is 65.5. The predicted octanol–water partition coefficient (Wildman–Crippen LogP) is 31.4. The molecule has 0 aliphatic carbocycles. The molecule has 9 rings (SSSR count). The molecule has 0 saturated carbocycles. The van der Waals surface area contributed by atoms with Gasteiger partial charge in [-0.05, 0) is 222 Å². The number of aryl methyl sites for hydroxylation is 3. The Morgan fingerprint density at radius 1 is 0.245 bits per heavy atom. The van der Waals surface area contributed by atoms with Crippen molar-refractivity contribution in [1.29, 1.82) is 0 Å². The van der Waals surface area contributed by atoms with Crippen LogP contribution in [0, 0.1) is 62.6 Å². The number of halogens is 15. The van der Waals surface area contributed by atoms with Crippen molar-refractivity contribution in [3.8, 4) is 0 Å². The Balaban J connectivity index is 0.000000577. The van der Waals surface area contributed by atoms with Gasteiger partial charge in [0.1, 0.15) is 34.9 Å². The van der Waals surface area contributed by atoms with Gasteiger partial charge in [0.25, 0.3) is 0 Å². The molecular weight excluding hydrogens is 1380 g/mol. The summed E-state index contributed by atoms with van der Waals surface area (Å²) in [6, 6.07) is 51.6. The highest BCUT2D eigenvalue weighted by atomic mass is 35.5. The van der Waals surface area contributed by atoms with Crippen LogP contribution in [0.5, 0.6) is 0 Å². The van der Waals surface area contributed by atoms with Crippen molar-refractivity contribution in [3.63, 3.8) is 0 Å². The molecule has 0 aliphatic rings. The van der Waals surface area contributed by atoms with E-state index in [2.05, 4.69) is 156 Å². The normalized spacial score (nSPS) is 11.0. The lowest BCUT2D eigenvalue weighted by Gasteiger charge is -2.15. The van der Waals surface area contributed by atoms with Crippen molar-refractivity contribution in [2.75, 3.05) is 0 Å². The van der Waals surface area contributed by atoms with Gasteiger partial charge in [-0.25, -0.2) is 26.3 Å². The summed E-state index contributed by atoms with van der Waals surface area (Å²) in [4.78, 5) is 0. The molecule has 0 fully saturated rings. The van der Waals surface area contributed by atoms with Gasteiger partial charge in [-0.2, -0.15) is 26.3 Å². The molecule has 0 spiro atoms. The van der Waals surface area contributed by atoms with E-state index in [0.717, 1.165) is 34.9 Å². The fraction of sp³-hybridized carbons (Fsp3) is 0.379. The fourth-order valence-electron chi connectivity index (χ4n) is 8.74. The molecule has 0 heterocycles. The summed E-state index contributed by atoms with van der Waals surface area (Å²) in [6.07, 6.45) is -9.55. The molecule has 0 unspecified atom stereocenters. The molecule has 15 heteroatoms. The van der Waals surface area contributed by atoms with Crippen molar-refractivity contribution < 1.29 is 52.7 Å². The van der Waals surface area contributed by atoms with Crippen LogP contribution in [-0.4, -0.2) is 0 Å². The summed E-state index contributed by atoms with van der Waals surface area (Å²) in [6.45, 7) is 43.7. The standard InChI is InChI=1S/C11H10F6.C10H12F2.C10H13F.2C10H14.C9H10Cl2.C9H10ClF.C9H10F2.C9H12/c1-6(2)7-3-8(10(12,13)14)5-9(4-7)11(15,16)17;1-6(2)8-4-9(11)7(3)10(12)5-8;1-7(2)9-5-4-8(3)10(11)6-9;2*1-8(2)10-6-4-9(3)5-7-10;3*1-6(2)7-3-8(10)5-9(11)4-7;1-8(2)9-6-4-3-5-7-9/h3-6H,1-2H3;4-6H,1-3H3;4-7H,1-3H3;2*4-8H,1-3H3;3*3-6H,1-2H3;3-8H,1-2H3. The average Bonchev–Trinajstić information content (AvgIpc) is 0.805. The molecule has 0 radical (unpaired) electrons. The van der Waals surface area contributed by atoms with E-state index in [1.165, 1.54) is 90.6 Å². The Bertz CT molecular complexity index is 3570. The quantitative estimate of drug-likeness (QED) is 0.126. The highest BCUT2D eigenvalue weighted by Gasteiger charge is 2.37. The molecule has 0 amide bonds. The molecule has 0 atom stereocenters. The van der Waals surface area contributed by atoms with E-state index in [9.17, 15) is 52.7 Å². The number of rotatable bonds is 9. The zero-order chi connectivity index (χ0) is 78.3. The monoisotopic (exact) mass is 1480 g/mol. The molecule has 0 bridgehead atoms. The van der Waals surface area contributed by atoms with Crippen molar-refractivity contribution >= 4 is 34.8 Å². The summed E-state index contributed by atoms with van der Waals surface area (Å²) >= 11 is 17.3. The molecular formula is C87H105Cl3F12. The van der Waals surface area contributed by atoms with Gasteiger partial charge in [-0.1, -0.05) is 262 Å². The first-order valence-corrected chi connectivity index (χ1v) is 35.3. The van der Waals surface area contributed by atoms with E-state index in [0.29, 0.717) is 61.7 Å². The third-order valence-corrected chi connectivity index (χ3v) is 16.4. The van der Waals surface area contributed by atoms with Crippen molar-refractivity contribution in [2.24, 2.45) is 0 Å². The molecule has 0 nitrogen and oxygen atoms in total. The average molecular weight is 1490 g/mol. The summed E-state index contributed by atoms with van der Waals surface area (Å²) in [5, 5.41) is 1.89. The molecule has 558 valence electrons. The maximum Gasteiger partial charge on any atom is 0.416 e. The van der Waals surface area contributed by atoms with Gasteiger partial charge in [0.2, 0.25) is 0 Å². The Kier molecular flexibility index (Phi) is 41.3. The number of hydrogen-bond donors (Lipinski definition) is 0. The second kappa shape index (κ2) is 45.3. The van der Waals surface area contributed by atoms with Gasteiger partial charge >= 0.3 is 12.4 Å². The van der Waals surface area contributed by atoms with Gasteiger partial charge in [-0.15, -0.1) is 0 Å². The number of hydrogen-bond acceptors (Lipinski definition) is 0. The van der Waals surface area contributed by atoms with Crippen LogP contribution in [0.3, 0.4) is 0 Å². The number of alkyl halides is 6. The molecule has 102 heavy (non-hydrogen) atoms. The molecule has 9 aromatic carbocycles. The lowest BCUT2D eigenvalue weighted by atomic mass is 9.97. The smallest absolute Gasteiger partial charge is 0.207 e. The van der Waals surface area contributed by atoms with Crippen LogP contribution in [0.4, 0.5) is 52.7 Å². The van der Waals surface area contributed by atoms with Gasteiger partial charge in [0.05, 0.1) is 11.1 Å². The maximum atomic E-state index is 13.0. The van der Waals surface area contributed by atoms with Crippen LogP contribution >= 0.6 is 34.8 Å². The van der Waals surface area contributed by atoms with E-state index >= 15 is 0 Å². The van der Waals surface area contributed by atoms with Gasteiger partial charge in [-0.3, -0.25) is 0 Å². The topological polar surface area (TPSA) is 0 Å². The van der Waals surface area contributed by atoms with Crippen LogP contribution in [-0.2, 0) is 12.4 Å². The Morgan fingerprint density at radius 3 is 0.814 bits per heavy atom.